The Morgan fingerprint density at radius 3 is 1.44 bits per heavy atom. The Kier molecular flexibility index (Phi) is 49.7. The lowest BCUT2D eigenvalue weighted by molar-refractivity contribution is -0.386. The summed E-state index contributed by atoms with van der Waals surface area (Å²) < 4.78 is 34.8. The van der Waals surface area contributed by atoms with Crippen molar-refractivity contribution in [1.29, 1.82) is 0 Å². The fourth-order valence-electron chi connectivity index (χ4n) is 13.2. The molecule has 23 heteroatoms. The molecule has 0 aromatic heterocycles. The van der Waals surface area contributed by atoms with Gasteiger partial charge in [0.2, 0.25) is 11.8 Å². The van der Waals surface area contributed by atoms with E-state index in [-0.39, 0.29) is 12.3 Å². The number of ether oxygens (including phenoxy) is 6. The van der Waals surface area contributed by atoms with Gasteiger partial charge in [-0.1, -0.05) is 249 Å². The Balaban J connectivity index is 1.45. The van der Waals surface area contributed by atoms with Crippen LogP contribution in [-0.4, -0.2) is 215 Å². The molecule has 0 aromatic carbocycles. The summed E-state index contributed by atoms with van der Waals surface area (Å²) in [4.78, 5) is 38.6. The largest absolute Gasteiger partial charge is 0.477 e. The number of amides is 2. The third kappa shape index (κ3) is 35.4. The number of carboxylic acid groups (broad SMARTS) is 1. The molecular formula is C75H136N2O21. The lowest BCUT2D eigenvalue weighted by Crippen LogP contribution is -2.70. The quantitative estimate of drug-likeness (QED) is 0.0199. The molecule has 3 fully saturated rings. The number of hydrogen-bond acceptors (Lipinski definition) is 20. The van der Waals surface area contributed by atoms with Crippen LogP contribution in [0.4, 0.5) is 0 Å². The normalized spacial score (nSPS) is 27.4. The van der Waals surface area contributed by atoms with E-state index < -0.39 is 155 Å². The number of carbonyl (C=O) groups is 3. The Morgan fingerprint density at radius 2 is 0.990 bits per heavy atom. The maximum Gasteiger partial charge on any atom is 0.364 e. The highest BCUT2D eigenvalue weighted by Crippen LogP contribution is 2.39. The van der Waals surface area contributed by atoms with Crippen LogP contribution >= 0.6 is 0 Å². The first-order valence-electron chi connectivity index (χ1n) is 38.4. The number of aliphatic hydroxyl groups is 11. The smallest absolute Gasteiger partial charge is 0.364 e. The number of carbonyl (C=O) groups excluding carboxylic acids is 2. The predicted molar refractivity (Wildman–Crippen MR) is 375 cm³/mol. The first-order chi connectivity index (χ1) is 47.4. The Hall–Kier alpha value is -3.05. The first-order valence-corrected chi connectivity index (χ1v) is 38.4. The van der Waals surface area contributed by atoms with Crippen molar-refractivity contribution < 1.29 is 104 Å². The second-order valence-corrected chi connectivity index (χ2v) is 27.9. The van der Waals surface area contributed by atoms with Crippen molar-refractivity contribution in [2.24, 2.45) is 0 Å². The minimum absolute atomic E-state index is 0.201. The van der Waals surface area contributed by atoms with Gasteiger partial charge in [-0.05, 0) is 51.4 Å². The Labute approximate surface area is 586 Å². The maximum atomic E-state index is 13.5. The van der Waals surface area contributed by atoms with Crippen LogP contribution < -0.4 is 10.6 Å². The van der Waals surface area contributed by atoms with Crippen molar-refractivity contribution in [3.63, 3.8) is 0 Å². The van der Waals surface area contributed by atoms with Crippen molar-refractivity contribution in [2.75, 3.05) is 26.4 Å². The van der Waals surface area contributed by atoms with Gasteiger partial charge >= 0.3 is 5.97 Å². The van der Waals surface area contributed by atoms with Crippen molar-refractivity contribution in [3.8, 4) is 0 Å². The average Bonchev–Trinajstić information content (AvgIpc) is 0.757. The molecule has 2 amide bonds. The van der Waals surface area contributed by atoms with Gasteiger partial charge in [-0.2, -0.15) is 0 Å². The molecule has 0 saturated carbocycles. The summed E-state index contributed by atoms with van der Waals surface area (Å²) in [6.45, 7) is 2.12. The molecule has 18 atom stereocenters. The van der Waals surface area contributed by atoms with Gasteiger partial charge in [-0.3, -0.25) is 9.59 Å². The number of rotatable bonds is 59. The van der Waals surface area contributed by atoms with Crippen molar-refractivity contribution in [2.45, 2.75) is 394 Å². The van der Waals surface area contributed by atoms with Crippen LogP contribution in [-0.2, 0) is 42.8 Å². The molecule has 23 nitrogen and oxygen atoms in total. The zero-order valence-corrected chi connectivity index (χ0v) is 60.1. The highest BCUT2D eigenvalue weighted by Gasteiger charge is 2.60. The zero-order chi connectivity index (χ0) is 71.8. The molecule has 3 aliphatic rings. The predicted octanol–water partition coefficient (Wildman–Crippen LogP) is 8.96. The van der Waals surface area contributed by atoms with E-state index in [9.17, 15) is 75.7 Å². The molecule has 98 heavy (non-hydrogen) atoms. The molecule has 0 radical (unpaired) electrons. The monoisotopic (exact) mass is 1400 g/mol. The standard InChI is InChI=1S/C75H136N2O21/c1-4-6-8-10-12-14-16-17-18-19-20-21-22-23-24-25-26-27-28-29-30-31-32-33-34-35-36-37-39-41-43-45-47-49-62(85)77-56(57(82)48-46-44-42-40-38-15-13-11-9-7-5-2)54-93-72-67(89)66(88)69(61(53-80)95-72)96-73-68(90)71(65(87)60(52-79)94-73)98-75(74(91)92)50-58(83)63(76-55(3)81)70(97-75)64(86)59(84)51-78/h20-21,23-24,46,48,56-61,63-73,78-80,82-84,86-90H,4-19,22,25-45,47,49-54H2,1-3H3,(H,76,81)(H,77,85)(H,91,92)/b21-20-,24-23-,48-46+. The SMILES string of the molecule is CCCCCCCCCCC/C=C\C/C=C\CCCCCCCCCCCCCCCCCCCC(=O)NC(COC1OC(CO)C(OC2OC(CO)C(O)C(OC3(C(=O)O)CC(O)C(NC(C)=O)C(C(O)C(O)CO)O3)C2O)C(O)C1O)C(O)/C=C/CCCCCCCCCCC. The lowest BCUT2D eigenvalue weighted by atomic mass is 9.88. The number of hydrogen-bond donors (Lipinski definition) is 14. The topological polar surface area (TPSA) is 373 Å². The molecule has 0 aromatic rings. The zero-order valence-electron chi connectivity index (χ0n) is 60.1. The molecule has 3 aliphatic heterocycles. The molecule has 0 aliphatic carbocycles. The maximum absolute atomic E-state index is 13.5. The van der Waals surface area contributed by atoms with E-state index in [1.165, 1.54) is 186 Å². The van der Waals surface area contributed by atoms with Gasteiger partial charge in [0.05, 0.1) is 50.7 Å². The van der Waals surface area contributed by atoms with Crippen LogP contribution in [0, 0.1) is 0 Å². The van der Waals surface area contributed by atoms with E-state index in [1.54, 1.807) is 6.08 Å². The lowest BCUT2D eigenvalue weighted by Gasteiger charge is -2.50. The van der Waals surface area contributed by atoms with Gasteiger partial charge in [-0.25, -0.2) is 4.79 Å². The second-order valence-electron chi connectivity index (χ2n) is 27.9. The number of nitrogens with one attached hydrogen (secondary N) is 2. The van der Waals surface area contributed by atoms with Gasteiger partial charge in [0.15, 0.2) is 12.6 Å². The first kappa shape index (κ1) is 89.2. The third-order valence-electron chi connectivity index (χ3n) is 19.3. The number of carboxylic acids is 1. The fourth-order valence-corrected chi connectivity index (χ4v) is 13.2. The summed E-state index contributed by atoms with van der Waals surface area (Å²) in [6, 6.07) is -2.62. The van der Waals surface area contributed by atoms with Crippen molar-refractivity contribution in [1.82, 2.24) is 10.6 Å². The molecule has 18 unspecified atom stereocenters. The van der Waals surface area contributed by atoms with Crippen LogP contribution in [0.3, 0.4) is 0 Å². The molecule has 3 heterocycles. The van der Waals surface area contributed by atoms with E-state index in [2.05, 4.69) is 48.8 Å². The van der Waals surface area contributed by atoms with Crippen molar-refractivity contribution >= 4 is 17.8 Å². The van der Waals surface area contributed by atoms with Crippen molar-refractivity contribution in [3.05, 3.63) is 36.5 Å². The average molecular weight is 1400 g/mol. The summed E-state index contributed by atoms with van der Waals surface area (Å²) >= 11 is 0. The van der Waals surface area contributed by atoms with E-state index in [0.717, 1.165) is 58.3 Å². The van der Waals surface area contributed by atoms with Gasteiger partial charge < -0.3 is 100 Å². The highest BCUT2D eigenvalue weighted by molar-refractivity contribution is 5.77. The van der Waals surface area contributed by atoms with Crippen LogP contribution in [0.2, 0.25) is 0 Å². The number of aliphatic hydroxyl groups excluding tert-OH is 11. The summed E-state index contributed by atoms with van der Waals surface area (Å²) in [5.74, 6) is -6.14. The minimum Gasteiger partial charge on any atom is -0.477 e. The number of aliphatic carboxylic acids is 1. The van der Waals surface area contributed by atoms with Crippen LogP contribution in [0.15, 0.2) is 36.5 Å². The molecule has 0 spiro atoms. The van der Waals surface area contributed by atoms with Gasteiger partial charge in [0.25, 0.3) is 5.79 Å². The van der Waals surface area contributed by atoms with E-state index in [1.807, 2.05) is 6.08 Å². The molecule has 0 bridgehead atoms. The second kappa shape index (κ2) is 54.6. The summed E-state index contributed by atoms with van der Waals surface area (Å²) in [6.07, 6.45) is 30.8. The minimum atomic E-state index is -3.08. The number of unbranched alkanes of at least 4 members (excludes halogenated alkanes) is 35. The molecule has 3 rings (SSSR count). The van der Waals surface area contributed by atoms with Gasteiger partial charge in [0.1, 0.15) is 67.1 Å². The van der Waals surface area contributed by atoms with E-state index in [4.69, 9.17) is 28.4 Å². The summed E-state index contributed by atoms with van der Waals surface area (Å²) in [5, 5.41) is 136. The molecule has 14 N–H and O–H groups in total. The van der Waals surface area contributed by atoms with E-state index >= 15 is 0 Å². The Morgan fingerprint density at radius 1 is 0.541 bits per heavy atom. The fraction of sp³-hybridized carbons (Fsp3) is 0.880. The third-order valence-corrected chi connectivity index (χ3v) is 19.3. The Bertz CT molecular complexity index is 2110. The van der Waals surface area contributed by atoms with Crippen LogP contribution in [0.1, 0.15) is 284 Å². The van der Waals surface area contributed by atoms with Gasteiger partial charge in [-0.15, -0.1) is 0 Å². The number of allylic oxidation sites excluding steroid dienone is 5. The summed E-state index contributed by atoms with van der Waals surface area (Å²) in [5.41, 5.74) is 0. The molecule has 3 saturated heterocycles. The van der Waals surface area contributed by atoms with E-state index in [0.29, 0.717) is 12.8 Å². The van der Waals surface area contributed by atoms with Gasteiger partial charge in [0, 0.05) is 19.8 Å². The summed E-state index contributed by atoms with van der Waals surface area (Å²) in [7, 11) is 0. The molecule has 572 valence electrons. The highest BCUT2D eigenvalue weighted by atomic mass is 16.8. The molecular weight excluding hydrogens is 1260 g/mol. The van der Waals surface area contributed by atoms with Crippen LogP contribution in [0.25, 0.3) is 0 Å². The van der Waals surface area contributed by atoms with Crippen LogP contribution in [0.5, 0.6) is 0 Å².